The SMILES string of the molecule is O=C(Nc1ccc(C(=O)N2CCCCC2CCO)cc1)c1ccco1. The number of likely N-dealkylation sites (tertiary alicyclic amines) is 1. The van der Waals surface area contributed by atoms with Crippen molar-refractivity contribution >= 4 is 17.5 Å². The molecule has 1 aliphatic rings. The number of furan rings is 1. The molecule has 1 saturated heterocycles. The van der Waals surface area contributed by atoms with Gasteiger partial charge in [-0.2, -0.15) is 0 Å². The number of piperidine rings is 1. The van der Waals surface area contributed by atoms with Crippen LogP contribution in [0.2, 0.25) is 0 Å². The number of rotatable bonds is 5. The molecule has 1 aromatic carbocycles. The van der Waals surface area contributed by atoms with Gasteiger partial charge >= 0.3 is 0 Å². The van der Waals surface area contributed by atoms with Crippen molar-refractivity contribution in [3.63, 3.8) is 0 Å². The second-order valence-electron chi connectivity index (χ2n) is 6.17. The van der Waals surface area contributed by atoms with Crippen molar-refractivity contribution in [3.05, 3.63) is 54.0 Å². The second kappa shape index (κ2) is 7.98. The summed E-state index contributed by atoms with van der Waals surface area (Å²) >= 11 is 0. The van der Waals surface area contributed by atoms with E-state index in [1.165, 1.54) is 6.26 Å². The molecule has 6 nitrogen and oxygen atoms in total. The van der Waals surface area contributed by atoms with Gasteiger partial charge in [-0.25, -0.2) is 0 Å². The fraction of sp³-hybridized carbons (Fsp3) is 0.368. The maximum Gasteiger partial charge on any atom is 0.291 e. The minimum atomic E-state index is -0.330. The van der Waals surface area contributed by atoms with E-state index in [1.54, 1.807) is 36.4 Å². The van der Waals surface area contributed by atoms with Crippen LogP contribution >= 0.6 is 0 Å². The van der Waals surface area contributed by atoms with E-state index in [2.05, 4.69) is 5.32 Å². The van der Waals surface area contributed by atoms with Gasteiger partial charge in [-0.1, -0.05) is 0 Å². The molecule has 1 atom stereocenters. The minimum absolute atomic E-state index is 0.0259. The van der Waals surface area contributed by atoms with Gasteiger partial charge in [0.05, 0.1) is 6.26 Å². The number of carbonyl (C=O) groups excluding carboxylic acids is 2. The lowest BCUT2D eigenvalue weighted by atomic mass is 9.98. The lowest BCUT2D eigenvalue weighted by Crippen LogP contribution is -2.44. The van der Waals surface area contributed by atoms with Crippen LogP contribution in [-0.4, -0.2) is 41.0 Å². The Bertz CT molecular complexity index is 708. The first-order valence-electron chi connectivity index (χ1n) is 8.56. The zero-order chi connectivity index (χ0) is 17.6. The van der Waals surface area contributed by atoms with Crippen LogP contribution < -0.4 is 5.32 Å². The number of hydrogen-bond acceptors (Lipinski definition) is 4. The Morgan fingerprint density at radius 1 is 1.20 bits per heavy atom. The standard InChI is InChI=1S/C19H22N2O4/c22-12-10-16-4-1-2-11-21(16)19(24)14-6-8-15(9-7-14)20-18(23)17-5-3-13-25-17/h3,5-9,13,16,22H,1-2,4,10-12H2,(H,20,23). The summed E-state index contributed by atoms with van der Waals surface area (Å²) < 4.78 is 5.05. The number of hydrogen-bond donors (Lipinski definition) is 2. The average Bonchev–Trinajstić information content (AvgIpc) is 3.17. The van der Waals surface area contributed by atoms with Crippen molar-refractivity contribution in [2.24, 2.45) is 0 Å². The molecule has 1 unspecified atom stereocenters. The molecule has 3 rings (SSSR count). The molecule has 2 amide bonds. The topological polar surface area (TPSA) is 82.8 Å². The first-order valence-corrected chi connectivity index (χ1v) is 8.56. The monoisotopic (exact) mass is 342 g/mol. The van der Waals surface area contributed by atoms with Crippen LogP contribution in [0.15, 0.2) is 47.1 Å². The summed E-state index contributed by atoms with van der Waals surface area (Å²) in [5.41, 5.74) is 1.18. The molecule has 0 radical (unpaired) electrons. The van der Waals surface area contributed by atoms with Crippen LogP contribution in [0.3, 0.4) is 0 Å². The molecule has 1 fully saturated rings. The largest absolute Gasteiger partial charge is 0.459 e. The number of aliphatic hydroxyl groups excluding tert-OH is 1. The van der Waals surface area contributed by atoms with Crippen LogP contribution in [0.5, 0.6) is 0 Å². The van der Waals surface area contributed by atoms with Crippen molar-refractivity contribution in [2.45, 2.75) is 31.7 Å². The Hall–Kier alpha value is -2.60. The maximum atomic E-state index is 12.7. The number of amides is 2. The van der Waals surface area contributed by atoms with E-state index >= 15 is 0 Å². The van der Waals surface area contributed by atoms with Crippen molar-refractivity contribution in [1.82, 2.24) is 4.90 Å². The molecule has 25 heavy (non-hydrogen) atoms. The molecule has 132 valence electrons. The van der Waals surface area contributed by atoms with Gasteiger partial charge in [0.15, 0.2) is 5.76 Å². The first-order chi connectivity index (χ1) is 12.2. The summed E-state index contributed by atoms with van der Waals surface area (Å²) in [6.45, 7) is 0.812. The van der Waals surface area contributed by atoms with E-state index in [0.29, 0.717) is 17.7 Å². The van der Waals surface area contributed by atoms with Gasteiger partial charge in [-0.3, -0.25) is 9.59 Å². The summed E-state index contributed by atoms with van der Waals surface area (Å²) in [4.78, 5) is 26.6. The lowest BCUT2D eigenvalue weighted by molar-refractivity contribution is 0.0574. The Labute approximate surface area is 146 Å². The summed E-state index contributed by atoms with van der Waals surface area (Å²) in [6.07, 6.45) is 5.07. The molecule has 0 saturated carbocycles. The molecule has 1 aliphatic heterocycles. The first kappa shape index (κ1) is 17.2. The van der Waals surface area contributed by atoms with Gasteiger partial charge < -0.3 is 19.7 Å². The van der Waals surface area contributed by atoms with Crippen LogP contribution in [-0.2, 0) is 0 Å². The lowest BCUT2D eigenvalue weighted by Gasteiger charge is -2.35. The summed E-state index contributed by atoms with van der Waals surface area (Å²) in [7, 11) is 0. The van der Waals surface area contributed by atoms with Crippen molar-refractivity contribution in [1.29, 1.82) is 0 Å². The van der Waals surface area contributed by atoms with Gasteiger partial charge in [0.2, 0.25) is 0 Å². The predicted octanol–water partition coefficient (Wildman–Crippen LogP) is 2.91. The Balaban J connectivity index is 1.66. The molecule has 2 N–H and O–H groups in total. The van der Waals surface area contributed by atoms with E-state index in [0.717, 1.165) is 25.8 Å². The van der Waals surface area contributed by atoms with Gasteiger partial charge in [0.1, 0.15) is 0 Å². The highest BCUT2D eigenvalue weighted by molar-refractivity contribution is 6.02. The van der Waals surface area contributed by atoms with E-state index in [9.17, 15) is 14.7 Å². The fourth-order valence-electron chi connectivity index (χ4n) is 3.18. The molecule has 0 bridgehead atoms. The molecule has 0 spiro atoms. The summed E-state index contributed by atoms with van der Waals surface area (Å²) in [5.74, 6) is -0.120. The quantitative estimate of drug-likeness (QED) is 0.875. The van der Waals surface area contributed by atoms with Gasteiger partial charge in [-0.15, -0.1) is 0 Å². The van der Waals surface area contributed by atoms with E-state index in [4.69, 9.17) is 4.42 Å². The van der Waals surface area contributed by atoms with Gasteiger partial charge in [0.25, 0.3) is 11.8 Å². The van der Waals surface area contributed by atoms with Gasteiger partial charge in [-0.05, 0) is 62.1 Å². The van der Waals surface area contributed by atoms with Crippen LogP contribution in [0, 0.1) is 0 Å². The van der Waals surface area contributed by atoms with E-state index < -0.39 is 0 Å². The highest BCUT2D eigenvalue weighted by Gasteiger charge is 2.26. The van der Waals surface area contributed by atoms with Crippen LogP contribution in [0.1, 0.15) is 46.6 Å². The number of benzene rings is 1. The number of nitrogens with one attached hydrogen (secondary N) is 1. The third-order valence-corrected chi connectivity index (χ3v) is 4.49. The molecular formula is C19H22N2O4. The normalized spacial score (nSPS) is 17.3. The van der Waals surface area contributed by atoms with E-state index in [-0.39, 0.29) is 30.2 Å². The Kier molecular flexibility index (Phi) is 5.50. The van der Waals surface area contributed by atoms with Crippen LogP contribution in [0.4, 0.5) is 5.69 Å². The van der Waals surface area contributed by atoms with Crippen molar-refractivity contribution in [3.8, 4) is 0 Å². The molecule has 2 aromatic rings. The van der Waals surface area contributed by atoms with Crippen molar-refractivity contribution in [2.75, 3.05) is 18.5 Å². The third kappa shape index (κ3) is 4.09. The number of carbonyl (C=O) groups is 2. The maximum absolute atomic E-state index is 12.7. The third-order valence-electron chi connectivity index (χ3n) is 4.49. The van der Waals surface area contributed by atoms with Crippen LogP contribution in [0.25, 0.3) is 0 Å². The Morgan fingerprint density at radius 2 is 2.00 bits per heavy atom. The smallest absolute Gasteiger partial charge is 0.291 e. The molecule has 2 heterocycles. The average molecular weight is 342 g/mol. The summed E-state index contributed by atoms with van der Waals surface area (Å²) in [6, 6.07) is 10.2. The van der Waals surface area contributed by atoms with E-state index in [1.807, 2.05) is 4.90 Å². The van der Waals surface area contributed by atoms with Gasteiger partial charge in [0, 0.05) is 30.4 Å². The highest BCUT2D eigenvalue weighted by atomic mass is 16.3. The molecule has 6 heteroatoms. The molecule has 0 aliphatic carbocycles. The number of anilines is 1. The fourth-order valence-corrected chi connectivity index (χ4v) is 3.18. The van der Waals surface area contributed by atoms with Crippen molar-refractivity contribution < 1.29 is 19.1 Å². The molecular weight excluding hydrogens is 320 g/mol. The zero-order valence-corrected chi connectivity index (χ0v) is 14.0. The molecule has 1 aromatic heterocycles. The Morgan fingerprint density at radius 3 is 2.68 bits per heavy atom. The summed E-state index contributed by atoms with van der Waals surface area (Å²) in [5, 5.41) is 11.9. The predicted molar refractivity (Wildman–Crippen MR) is 93.5 cm³/mol. The highest BCUT2D eigenvalue weighted by Crippen LogP contribution is 2.22. The minimum Gasteiger partial charge on any atom is -0.459 e. The second-order valence-corrected chi connectivity index (χ2v) is 6.17. The number of nitrogens with zero attached hydrogens (tertiary/aromatic N) is 1. The zero-order valence-electron chi connectivity index (χ0n) is 14.0. The number of aliphatic hydroxyl groups is 1.